The molecule has 1 aliphatic carbocycles. The number of carboxylic acid groups (broad SMARTS) is 1. The highest BCUT2D eigenvalue weighted by Crippen LogP contribution is 2.30. The lowest BCUT2D eigenvalue weighted by atomic mass is 9.85. The van der Waals surface area contributed by atoms with E-state index in [1.807, 2.05) is 73.6 Å². The van der Waals surface area contributed by atoms with E-state index < -0.39 is 12.1 Å². The third-order valence-corrected chi connectivity index (χ3v) is 7.81. The molecule has 1 fully saturated rings. The van der Waals surface area contributed by atoms with Crippen LogP contribution in [0.5, 0.6) is 0 Å². The Morgan fingerprint density at radius 3 is 1.93 bits per heavy atom. The van der Waals surface area contributed by atoms with E-state index in [0.717, 1.165) is 48.9 Å². The molecule has 4 aromatic rings. The van der Waals surface area contributed by atoms with Gasteiger partial charge in [-0.3, -0.25) is 4.79 Å². The number of amides is 1. The number of fused-ring (bicyclic) bond motifs is 1. The number of rotatable bonds is 9. The van der Waals surface area contributed by atoms with Crippen LogP contribution in [0.3, 0.4) is 0 Å². The molecule has 1 saturated carbocycles. The second-order valence-corrected chi connectivity index (χ2v) is 11.3. The molecule has 0 saturated heterocycles. The molecule has 0 radical (unpaired) electrons. The maximum absolute atomic E-state index is 13.0. The van der Waals surface area contributed by atoms with Crippen molar-refractivity contribution in [3.05, 3.63) is 96.1 Å². The molecule has 11 heteroatoms. The molecule has 1 aromatic heterocycles. The zero-order valence-electron chi connectivity index (χ0n) is 25.3. The minimum absolute atomic E-state index is 0.0614. The number of anilines is 2. The molecule has 0 spiro atoms. The predicted octanol–water partition coefficient (Wildman–Crippen LogP) is 6.64. The average Bonchev–Trinajstić information content (AvgIpc) is 3.03. The number of para-hydroxylation sites is 1. The first-order valence-electron chi connectivity index (χ1n) is 14.9. The van der Waals surface area contributed by atoms with Crippen LogP contribution in [0.2, 0.25) is 0 Å². The smallest absolute Gasteiger partial charge is 0.475 e. The first-order chi connectivity index (χ1) is 21.5. The van der Waals surface area contributed by atoms with Crippen molar-refractivity contribution in [3.8, 4) is 0 Å². The molecule has 5 rings (SSSR count). The van der Waals surface area contributed by atoms with Crippen molar-refractivity contribution in [2.45, 2.75) is 50.2 Å². The fourth-order valence-electron chi connectivity index (χ4n) is 5.47. The molecule has 45 heavy (non-hydrogen) atoms. The zero-order chi connectivity index (χ0) is 32.4. The van der Waals surface area contributed by atoms with Crippen LogP contribution in [0.25, 0.3) is 10.9 Å². The summed E-state index contributed by atoms with van der Waals surface area (Å²) in [7, 11) is 4.03. The molecule has 238 valence electrons. The van der Waals surface area contributed by atoms with Crippen molar-refractivity contribution in [3.63, 3.8) is 0 Å². The summed E-state index contributed by atoms with van der Waals surface area (Å²) in [6.45, 7) is 0.735. The van der Waals surface area contributed by atoms with Crippen LogP contribution in [0.4, 0.5) is 24.9 Å². The van der Waals surface area contributed by atoms with Gasteiger partial charge in [0.05, 0.1) is 5.52 Å². The zero-order valence-corrected chi connectivity index (χ0v) is 25.3. The fraction of sp³-hybridized carbons (Fsp3) is 0.353. The van der Waals surface area contributed by atoms with Gasteiger partial charge in [-0.25, -0.2) is 9.78 Å². The summed E-state index contributed by atoms with van der Waals surface area (Å²) in [6.07, 6.45) is -0.381. The second kappa shape index (κ2) is 15.4. The number of carboxylic acids is 1. The van der Waals surface area contributed by atoms with E-state index in [1.54, 1.807) is 0 Å². The van der Waals surface area contributed by atoms with Crippen molar-refractivity contribution in [1.82, 2.24) is 15.3 Å². The number of aliphatic carboxylic acids is 1. The molecule has 0 unspecified atom stereocenters. The van der Waals surface area contributed by atoms with Gasteiger partial charge in [-0.1, -0.05) is 72.8 Å². The lowest BCUT2D eigenvalue weighted by Gasteiger charge is -2.29. The topological polar surface area (TPSA) is 107 Å². The van der Waals surface area contributed by atoms with Gasteiger partial charge in [0.1, 0.15) is 5.82 Å². The number of alkyl halides is 3. The summed E-state index contributed by atoms with van der Waals surface area (Å²) in [5.41, 5.74) is 3.30. The summed E-state index contributed by atoms with van der Waals surface area (Å²) in [5.74, 6) is -0.461. The van der Waals surface area contributed by atoms with Gasteiger partial charge < -0.3 is 20.6 Å². The maximum Gasteiger partial charge on any atom is 0.490 e. The Kier molecular flexibility index (Phi) is 11.3. The molecule has 0 aliphatic heterocycles. The Hall–Kier alpha value is -4.67. The third kappa shape index (κ3) is 9.66. The molecule has 1 heterocycles. The number of halogens is 3. The van der Waals surface area contributed by atoms with E-state index in [-0.39, 0.29) is 11.8 Å². The first-order valence-corrected chi connectivity index (χ1v) is 14.9. The van der Waals surface area contributed by atoms with Gasteiger partial charge >= 0.3 is 12.1 Å². The number of benzene rings is 3. The van der Waals surface area contributed by atoms with E-state index in [0.29, 0.717) is 24.3 Å². The molecular formula is C34H38F3N5O3. The number of carbonyl (C=O) groups excluding carboxylic acids is 1. The van der Waals surface area contributed by atoms with Gasteiger partial charge in [0.15, 0.2) is 0 Å². The van der Waals surface area contributed by atoms with Gasteiger partial charge in [-0.05, 0) is 54.9 Å². The molecule has 0 atom stereocenters. The minimum Gasteiger partial charge on any atom is -0.475 e. The monoisotopic (exact) mass is 621 g/mol. The average molecular weight is 622 g/mol. The first kappa shape index (κ1) is 33.2. The van der Waals surface area contributed by atoms with Gasteiger partial charge in [-0.15, -0.1) is 0 Å². The SMILES string of the molecule is CN(C)c1nc(NC2CCC(CNC(=O)CC(c3ccccc3)c3ccccc3)CC2)nc2ccccc12.O=C(O)C(F)(F)F. The normalized spacial score (nSPS) is 16.4. The Morgan fingerprint density at radius 1 is 0.867 bits per heavy atom. The molecule has 1 aliphatic rings. The molecule has 0 bridgehead atoms. The molecule has 3 aromatic carbocycles. The highest BCUT2D eigenvalue weighted by Gasteiger charge is 2.38. The summed E-state index contributed by atoms with van der Waals surface area (Å²) < 4.78 is 31.7. The fourth-order valence-corrected chi connectivity index (χ4v) is 5.47. The molecule has 1 amide bonds. The quantitative estimate of drug-likeness (QED) is 0.192. The Labute approximate surface area is 260 Å². The Bertz CT molecular complexity index is 1500. The number of hydrogen-bond donors (Lipinski definition) is 3. The van der Waals surface area contributed by atoms with Crippen LogP contribution in [0.15, 0.2) is 84.9 Å². The second-order valence-electron chi connectivity index (χ2n) is 11.3. The number of carbonyl (C=O) groups is 2. The lowest BCUT2D eigenvalue weighted by Crippen LogP contribution is -2.34. The van der Waals surface area contributed by atoms with Gasteiger partial charge in [0.2, 0.25) is 11.9 Å². The van der Waals surface area contributed by atoms with Crippen LogP contribution in [-0.2, 0) is 9.59 Å². The van der Waals surface area contributed by atoms with Crippen LogP contribution >= 0.6 is 0 Å². The van der Waals surface area contributed by atoms with Crippen LogP contribution in [0, 0.1) is 5.92 Å². The molecular weight excluding hydrogens is 583 g/mol. The van der Waals surface area contributed by atoms with Crippen LogP contribution < -0.4 is 15.5 Å². The molecule has 8 nitrogen and oxygen atoms in total. The molecule has 3 N–H and O–H groups in total. The summed E-state index contributed by atoms with van der Waals surface area (Å²) >= 11 is 0. The largest absolute Gasteiger partial charge is 0.490 e. The van der Waals surface area contributed by atoms with Crippen molar-refractivity contribution >= 4 is 34.5 Å². The van der Waals surface area contributed by atoms with Crippen LogP contribution in [-0.4, -0.2) is 59.8 Å². The van der Waals surface area contributed by atoms with Crippen molar-refractivity contribution in [2.75, 3.05) is 30.9 Å². The lowest BCUT2D eigenvalue weighted by molar-refractivity contribution is -0.192. The highest BCUT2D eigenvalue weighted by molar-refractivity contribution is 5.90. The van der Waals surface area contributed by atoms with Crippen LogP contribution in [0.1, 0.15) is 49.1 Å². The van der Waals surface area contributed by atoms with E-state index in [9.17, 15) is 18.0 Å². The standard InChI is InChI=1S/C32H37N5O.C2HF3O2/c1-37(2)31-27-15-9-10-16-29(27)35-32(36-31)34-26-19-17-23(18-20-26)22-33-30(38)21-28(24-11-5-3-6-12-24)25-13-7-4-8-14-25;3-2(4,5)1(6)7/h3-16,23,26,28H,17-22H2,1-2H3,(H,33,38)(H,34,35,36);(H,6,7). The minimum atomic E-state index is -5.08. The number of nitrogens with zero attached hydrogens (tertiary/aromatic N) is 3. The summed E-state index contributed by atoms with van der Waals surface area (Å²) in [5, 5.41) is 15.0. The highest BCUT2D eigenvalue weighted by atomic mass is 19.4. The van der Waals surface area contributed by atoms with E-state index in [4.69, 9.17) is 19.9 Å². The summed E-state index contributed by atoms with van der Waals surface area (Å²) in [6, 6.07) is 29.1. The van der Waals surface area contributed by atoms with E-state index in [1.165, 1.54) is 11.1 Å². The van der Waals surface area contributed by atoms with Crippen molar-refractivity contribution in [1.29, 1.82) is 0 Å². The number of hydrogen-bond acceptors (Lipinski definition) is 6. The van der Waals surface area contributed by atoms with Crippen molar-refractivity contribution < 1.29 is 27.9 Å². The summed E-state index contributed by atoms with van der Waals surface area (Å²) in [4.78, 5) is 33.5. The van der Waals surface area contributed by atoms with Crippen molar-refractivity contribution in [2.24, 2.45) is 5.92 Å². The van der Waals surface area contributed by atoms with E-state index >= 15 is 0 Å². The van der Waals surface area contributed by atoms with Gasteiger partial charge in [0.25, 0.3) is 0 Å². The Balaban J connectivity index is 0.000000591. The van der Waals surface area contributed by atoms with E-state index in [2.05, 4.69) is 41.0 Å². The number of nitrogens with one attached hydrogen (secondary N) is 2. The predicted molar refractivity (Wildman–Crippen MR) is 169 cm³/mol. The number of aromatic nitrogens is 2. The van der Waals surface area contributed by atoms with Gasteiger partial charge in [0, 0.05) is 44.4 Å². The third-order valence-electron chi connectivity index (χ3n) is 7.81. The Morgan fingerprint density at radius 2 is 1.40 bits per heavy atom. The van der Waals surface area contributed by atoms with Gasteiger partial charge in [-0.2, -0.15) is 18.2 Å². The maximum atomic E-state index is 13.0.